The molecule has 238 valence electrons. The summed E-state index contributed by atoms with van der Waals surface area (Å²) in [5.74, 6) is 0.811. The zero-order valence-corrected chi connectivity index (χ0v) is 25.3. The molecule has 3 heterocycles. The van der Waals surface area contributed by atoms with E-state index in [1.165, 1.54) is 17.8 Å². The number of carbonyl (C=O) groups is 1. The van der Waals surface area contributed by atoms with Gasteiger partial charge in [0.1, 0.15) is 35.4 Å². The second-order valence-corrected chi connectivity index (χ2v) is 10.8. The number of amides is 1. The highest BCUT2D eigenvalue weighted by Gasteiger charge is 2.47. The van der Waals surface area contributed by atoms with Crippen LogP contribution in [0, 0.1) is 0 Å². The third-order valence-electron chi connectivity index (χ3n) is 7.98. The third-order valence-corrected chi connectivity index (χ3v) is 7.98. The summed E-state index contributed by atoms with van der Waals surface area (Å²) >= 11 is 0. The number of fused-ring (bicyclic) bond motifs is 1. The van der Waals surface area contributed by atoms with Crippen LogP contribution < -0.4 is 20.3 Å². The molecule has 3 aromatic carbocycles. The number of hydrogen-bond donors (Lipinski definition) is 4. The third kappa shape index (κ3) is 5.61. The van der Waals surface area contributed by atoms with Crippen molar-refractivity contribution < 1.29 is 34.0 Å². The molecule has 46 heavy (non-hydrogen) atoms. The van der Waals surface area contributed by atoms with Gasteiger partial charge in [0.15, 0.2) is 17.4 Å². The predicted octanol–water partition coefficient (Wildman–Crippen LogP) is 2.72. The van der Waals surface area contributed by atoms with E-state index in [-0.39, 0.29) is 23.7 Å². The Bertz CT molecular complexity index is 1830. The van der Waals surface area contributed by atoms with Crippen LogP contribution in [0.1, 0.15) is 29.8 Å². The maximum Gasteiger partial charge on any atom is 0.280 e. The van der Waals surface area contributed by atoms with Crippen LogP contribution in [0.4, 0.5) is 5.95 Å². The quantitative estimate of drug-likeness (QED) is 0.169. The van der Waals surface area contributed by atoms with Crippen molar-refractivity contribution in [1.82, 2.24) is 19.5 Å². The van der Waals surface area contributed by atoms with Crippen molar-refractivity contribution in [2.75, 3.05) is 26.1 Å². The molecule has 0 aliphatic carbocycles. The summed E-state index contributed by atoms with van der Waals surface area (Å²) in [6.45, 7) is 1.12. The van der Waals surface area contributed by atoms with Crippen molar-refractivity contribution in [3.05, 3.63) is 112 Å². The van der Waals surface area contributed by atoms with Crippen LogP contribution in [0.5, 0.6) is 11.5 Å². The SMILES string of the molecule is COc1ccc(C(OC[C@H]2O[C@@H](n3cnc4c(=O)[nH]c(NC(C)=O)nc43)C(O)C2O)(c2ccccc2)c2ccc(OC)cc2)cc1. The molecular weight excluding hydrogens is 594 g/mol. The van der Waals surface area contributed by atoms with E-state index in [0.717, 1.165) is 16.7 Å². The minimum Gasteiger partial charge on any atom is -0.497 e. The highest BCUT2D eigenvalue weighted by atomic mass is 16.6. The highest BCUT2D eigenvalue weighted by Crippen LogP contribution is 2.43. The monoisotopic (exact) mass is 627 g/mol. The average molecular weight is 628 g/mol. The number of hydrogen-bond acceptors (Lipinski definition) is 10. The summed E-state index contributed by atoms with van der Waals surface area (Å²) in [6.07, 6.45) is -3.68. The van der Waals surface area contributed by atoms with Gasteiger partial charge in [0.25, 0.3) is 5.56 Å². The van der Waals surface area contributed by atoms with Crippen LogP contribution in [0.2, 0.25) is 0 Å². The minimum atomic E-state index is -1.43. The molecular formula is C33H33N5O8. The lowest BCUT2D eigenvalue weighted by Gasteiger charge is -2.37. The fourth-order valence-electron chi connectivity index (χ4n) is 5.72. The molecule has 13 nitrogen and oxygen atoms in total. The molecule has 1 amide bonds. The van der Waals surface area contributed by atoms with Crippen LogP contribution in [0.15, 0.2) is 90.0 Å². The zero-order chi connectivity index (χ0) is 32.4. The fraction of sp³-hybridized carbons (Fsp3) is 0.273. The Morgan fingerprint density at radius 3 is 2.09 bits per heavy atom. The van der Waals surface area contributed by atoms with Crippen LogP contribution in [-0.4, -0.2) is 74.8 Å². The average Bonchev–Trinajstić information content (AvgIpc) is 3.62. The first-order valence-electron chi connectivity index (χ1n) is 14.5. The van der Waals surface area contributed by atoms with Gasteiger partial charge < -0.3 is 29.2 Å². The second-order valence-electron chi connectivity index (χ2n) is 10.8. The van der Waals surface area contributed by atoms with Gasteiger partial charge in [-0.3, -0.25) is 24.5 Å². The molecule has 13 heteroatoms. The number of imidazole rings is 1. The first-order valence-corrected chi connectivity index (χ1v) is 14.5. The number of nitrogens with zero attached hydrogens (tertiary/aromatic N) is 3. The summed E-state index contributed by atoms with van der Waals surface area (Å²) in [6, 6.07) is 24.6. The molecule has 4 N–H and O–H groups in total. The summed E-state index contributed by atoms with van der Waals surface area (Å²) in [7, 11) is 3.19. The van der Waals surface area contributed by atoms with Crippen molar-refractivity contribution in [3.8, 4) is 11.5 Å². The predicted molar refractivity (Wildman–Crippen MR) is 167 cm³/mol. The van der Waals surface area contributed by atoms with Crippen molar-refractivity contribution in [2.24, 2.45) is 0 Å². The largest absolute Gasteiger partial charge is 0.497 e. The van der Waals surface area contributed by atoms with Gasteiger partial charge in [0.2, 0.25) is 11.9 Å². The van der Waals surface area contributed by atoms with Gasteiger partial charge >= 0.3 is 0 Å². The lowest BCUT2D eigenvalue weighted by molar-refractivity contribution is -0.114. The molecule has 0 spiro atoms. The summed E-state index contributed by atoms with van der Waals surface area (Å²) in [4.78, 5) is 35.0. The first-order chi connectivity index (χ1) is 22.2. The molecule has 1 aliphatic heterocycles. The Morgan fingerprint density at radius 1 is 0.935 bits per heavy atom. The van der Waals surface area contributed by atoms with E-state index in [9.17, 15) is 19.8 Å². The number of rotatable bonds is 10. The Hall–Kier alpha value is -5.08. The van der Waals surface area contributed by atoms with Crippen molar-refractivity contribution in [3.63, 3.8) is 0 Å². The Balaban J connectivity index is 1.38. The van der Waals surface area contributed by atoms with E-state index >= 15 is 0 Å². The van der Waals surface area contributed by atoms with Crippen LogP contribution in [0.3, 0.4) is 0 Å². The molecule has 0 radical (unpaired) electrons. The molecule has 2 aromatic heterocycles. The number of aromatic nitrogens is 4. The number of aromatic amines is 1. The van der Waals surface area contributed by atoms with Crippen molar-refractivity contribution in [2.45, 2.75) is 37.1 Å². The Kier molecular flexibility index (Phi) is 8.56. The molecule has 1 aliphatic rings. The number of aliphatic hydroxyl groups excluding tert-OH is 2. The number of ether oxygens (including phenoxy) is 4. The number of carbonyl (C=O) groups excluding carboxylic acids is 1. The van der Waals surface area contributed by atoms with Gasteiger partial charge in [0.05, 0.1) is 27.2 Å². The number of anilines is 1. The molecule has 1 fully saturated rings. The number of H-pyrrole nitrogens is 1. The van der Waals surface area contributed by atoms with Crippen LogP contribution in [-0.2, 0) is 19.9 Å². The van der Waals surface area contributed by atoms with Crippen LogP contribution >= 0.6 is 0 Å². The van der Waals surface area contributed by atoms with E-state index < -0.39 is 41.6 Å². The molecule has 0 saturated carbocycles. The normalized spacial score (nSPS) is 19.7. The lowest BCUT2D eigenvalue weighted by Crippen LogP contribution is -2.39. The van der Waals surface area contributed by atoms with Gasteiger partial charge in [-0.2, -0.15) is 4.98 Å². The number of aliphatic hydroxyl groups is 2. The molecule has 1 saturated heterocycles. The maximum atomic E-state index is 12.6. The van der Waals surface area contributed by atoms with E-state index in [0.29, 0.717) is 11.5 Å². The number of benzene rings is 3. The van der Waals surface area contributed by atoms with Crippen molar-refractivity contribution >= 4 is 23.0 Å². The molecule has 6 rings (SSSR count). The van der Waals surface area contributed by atoms with Gasteiger partial charge in [-0.1, -0.05) is 54.6 Å². The van der Waals surface area contributed by atoms with E-state index in [4.69, 9.17) is 18.9 Å². The lowest BCUT2D eigenvalue weighted by atomic mass is 9.80. The van der Waals surface area contributed by atoms with Gasteiger partial charge in [-0.25, -0.2) is 4.98 Å². The smallest absolute Gasteiger partial charge is 0.280 e. The highest BCUT2D eigenvalue weighted by molar-refractivity contribution is 5.87. The van der Waals surface area contributed by atoms with E-state index in [2.05, 4.69) is 20.3 Å². The van der Waals surface area contributed by atoms with Crippen molar-refractivity contribution in [1.29, 1.82) is 0 Å². The van der Waals surface area contributed by atoms with E-state index in [1.54, 1.807) is 14.2 Å². The van der Waals surface area contributed by atoms with Gasteiger partial charge in [0, 0.05) is 6.92 Å². The number of methoxy groups -OCH3 is 2. The molecule has 2 unspecified atom stereocenters. The standard InChI is InChI=1S/C33H33N5O8/c1-19(39)35-32-36-29-26(30(42)37-32)34-18-38(29)31-28(41)27(40)25(46-31)17-45-33(20-7-5-4-6-8-20,21-9-13-23(43-2)14-10-21)22-11-15-24(44-3)16-12-22/h4-16,18,25,27-28,31,40-41H,17H2,1-3H3,(H2,35,36,37,39,42)/t25-,27?,28?,31-/m1/s1. The number of nitrogens with one attached hydrogen (secondary N) is 2. The van der Waals surface area contributed by atoms with Gasteiger partial charge in [-0.15, -0.1) is 0 Å². The summed E-state index contributed by atoms with van der Waals surface area (Å²) in [5, 5.41) is 24.8. The Morgan fingerprint density at radius 2 is 1.52 bits per heavy atom. The molecule has 4 atom stereocenters. The summed E-state index contributed by atoms with van der Waals surface area (Å²) < 4.78 is 25.2. The Labute approximate surface area is 263 Å². The zero-order valence-electron chi connectivity index (χ0n) is 25.3. The van der Waals surface area contributed by atoms with Gasteiger partial charge in [-0.05, 0) is 41.0 Å². The maximum absolute atomic E-state index is 12.6. The molecule has 0 bridgehead atoms. The van der Waals surface area contributed by atoms with Crippen LogP contribution in [0.25, 0.3) is 11.2 Å². The second kappa shape index (κ2) is 12.7. The topological polar surface area (TPSA) is 170 Å². The first kappa shape index (κ1) is 30.9. The fourth-order valence-corrected chi connectivity index (χ4v) is 5.72. The van der Waals surface area contributed by atoms with E-state index in [1.807, 2.05) is 78.9 Å². The minimum absolute atomic E-state index is 0.0267. The molecule has 5 aromatic rings. The summed E-state index contributed by atoms with van der Waals surface area (Å²) in [5.41, 5.74) is 0.626.